The lowest BCUT2D eigenvalue weighted by atomic mass is 9.62. The van der Waals surface area contributed by atoms with Crippen LogP contribution in [0.2, 0.25) is 0 Å². The molecule has 3 aliphatic rings. The van der Waals surface area contributed by atoms with Crippen molar-refractivity contribution in [1.29, 1.82) is 0 Å². The van der Waals surface area contributed by atoms with Crippen LogP contribution < -0.4 is 5.73 Å². The molecule has 2 aliphatic carbocycles. The van der Waals surface area contributed by atoms with E-state index in [9.17, 15) is 4.79 Å². The van der Waals surface area contributed by atoms with Crippen LogP contribution in [0.25, 0.3) is 0 Å². The number of piperidine rings is 1. The Morgan fingerprint density at radius 3 is 2.56 bits per heavy atom. The number of hydrogen-bond acceptors (Lipinski definition) is 3. The lowest BCUT2D eigenvalue weighted by Crippen LogP contribution is -2.59. The summed E-state index contributed by atoms with van der Waals surface area (Å²) in [7, 11) is 0. The number of nitrogens with zero attached hydrogens (tertiary/aromatic N) is 1. The zero-order valence-electron chi connectivity index (χ0n) is 15.2. The quantitative estimate of drug-likeness (QED) is 0.864. The molecule has 2 bridgehead atoms. The first-order valence-corrected chi connectivity index (χ1v) is 9.90. The van der Waals surface area contributed by atoms with Gasteiger partial charge in [-0.2, -0.15) is 0 Å². The van der Waals surface area contributed by atoms with E-state index >= 15 is 0 Å². The van der Waals surface area contributed by atoms with Crippen LogP contribution in [0.15, 0.2) is 24.3 Å². The van der Waals surface area contributed by atoms with Gasteiger partial charge in [0.25, 0.3) is 0 Å². The minimum atomic E-state index is -0.357. The maximum atomic E-state index is 11.7. The molecule has 2 saturated carbocycles. The topological polar surface area (TPSA) is 55.6 Å². The van der Waals surface area contributed by atoms with Crippen LogP contribution in [0.3, 0.4) is 0 Å². The molecule has 0 spiro atoms. The number of ether oxygens (including phenoxy) is 1. The van der Waals surface area contributed by atoms with Gasteiger partial charge in [0.15, 0.2) is 0 Å². The Bertz CT molecular complexity index is 627. The molecule has 1 amide bonds. The minimum Gasteiger partial charge on any atom is -0.370 e. The van der Waals surface area contributed by atoms with Crippen LogP contribution in [-0.4, -0.2) is 37.0 Å². The Balaban J connectivity index is 1.69. The lowest BCUT2D eigenvalue weighted by molar-refractivity contribution is -0.183. The van der Waals surface area contributed by atoms with E-state index in [1.165, 1.54) is 38.6 Å². The first kappa shape index (κ1) is 17.0. The van der Waals surface area contributed by atoms with Gasteiger partial charge in [0.05, 0.1) is 0 Å². The van der Waals surface area contributed by atoms with Gasteiger partial charge in [-0.3, -0.25) is 4.79 Å². The van der Waals surface area contributed by atoms with Gasteiger partial charge in [-0.05, 0) is 56.2 Å². The highest BCUT2D eigenvalue weighted by atomic mass is 16.5. The lowest BCUT2D eigenvalue weighted by Gasteiger charge is -2.56. The van der Waals surface area contributed by atoms with Gasteiger partial charge in [-0.1, -0.05) is 18.6 Å². The van der Waals surface area contributed by atoms with Gasteiger partial charge in [-0.25, -0.2) is 0 Å². The molecule has 3 fully saturated rings. The molecular formula is C21H30N2O2. The standard InChI is InChI=1S/C21H30N2O2/c1-2-25-21(17-6-3-5-16(11-17)20(22)24)18-7-4-8-19(21)14-23(13-18)12-15-9-10-15/h3,5-6,11,15,18-19H,2,4,7-10,12-14H2,1H3,(H2,22,24)/t18-,19+,21?. The van der Waals surface area contributed by atoms with E-state index in [4.69, 9.17) is 10.5 Å². The van der Waals surface area contributed by atoms with Crippen molar-refractivity contribution in [2.75, 3.05) is 26.2 Å². The average Bonchev–Trinajstić information content (AvgIpc) is 3.40. The number of hydrogen-bond donors (Lipinski definition) is 1. The molecule has 25 heavy (non-hydrogen) atoms. The summed E-state index contributed by atoms with van der Waals surface area (Å²) in [5.41, 5.74) is 7.04. The van der Waals surface area contributed by atoms with Gasteiger partial charge in [0.2, 0.25) is 5.91 Å². The number of primary amides is 1. The summed E-state index contributed by atoms with van der Waals surface area (Å²) < 4.78 is 6.55. The number of carbonyl (C=O) groups excluding carboxylic acids is 1. The summed E-state index contributed by atoms with van der Waals surface area (Å²) in [6.45, 7) is 6.29. The van der Waals surface area contributed by atoms with Crippen molar-refractivity contribution in [2.24, 2.45) is 23.5 Å². The highest BCUT2D eigenvalue weighted by Gasteiger charge is 2.53. The highest BCUT2D eigenvalue weighted by molar-refractivity contribution is 5.92. The van der Waals surface area contributed by atoms with Crippen LogP contribution in [0.5, 0.6) is 0 Å². The number of amides is 1. The van der Waals surface area contributed by atoms with E-state index < -0.39 is 0 Å². The summed E-state index contributed by atoms with van der Waals surface area (Å²) in [5, 5.41) is 0. The zero-order chi connectivity index (χ0) is 17.4. The van der Waals surface area contributed by atoms with Crippen molar-refractivity contribution >= 4 is 5.91 Å². The summed E-state index contributed by atoms with van der Waals surface area (Å²) in [5.74, 6) is 1.58. The molecule has 136 valence electrons. The SMILES string of the molecule is CCOC1(c2cccc(C(N)=O)c2)[C@@H]2CCC[C@H]1CN(CC1CC1)C2. The molecule has 4 nitrogen and oxygen atoms in total. The van der Waals surface area contributed by atoms with Crippen LogP contribution in [0, 0.1) is 17.8 Å². The smallest absolute Gasteiger partial charge is 0.248 e. The average molecular weight is 342 g/mol. The molecule has 1 aromatic carbocycles. The molecule has 1 heterocycles. The van der Waals surface area contributed by atoms with Gasteiger partial charge < -0.3 is 15.4 Å². The molecule has 1 saturated heterocycles. The van der Waals surface area contributed by atoms with Crippen LogP contribution in [0.4, 0.5) is 0 Å². The van der Waals surface area contributed by atoms with Gasteiger partial charge in [-0.15, -0.1) is 0 Å². The highest BCUT2D eigenvalue weighted by Crippen LogP contribution is 2.52. The van der Waals surface area contributed by atoms with Gasteiger partial charge in [0.1, 0.15) is 5.60 Å². The molecule has 3 atom stereocenters. The van der Waals surface area contributed by atoms with E-state index in [0.29, 0.717) is 24.0 Å². The molecule has 0 aromatic heterocycles. The van der Waals surface area contributed by atoms with Crippen LogP contribution in [-0.2, 0) is 10.3 Å². The second-order valence-electron chi connectivity index (χ2n) is 8.16. The van der Waals surface area contributed by atoms with E-state index in [-0.39, 0.29) is 11.5 Å². The van der Waals surface area contributed by atoms with Crippen LogP contribution in [0.1, 0.15) is 54.9 Å². The summed E-state index contributed by atoms with van der Waals surface area (Å²) >= 11 is 0. The predicted octanol–water partition coefficient (Wildman–Crippen LogP) is 3.16. The van der Waals surface area contributed by atoms with E-state index in [1.54, 1.807) is 0 Å². The Morgan fingerprint density at radius 2 is 1.96 bits per heavy atom. The van der Waals surface area contributed by atoms with Crippen molar-refractivity contribution in [2.45, 2.75) is 44.6 Å². The fourth-order valence-electron chi connectivity index (χ4n) is 5.28. The molecule has 4 heteroatoms. The molecule has 1 aromatic rings. The largest absolute Gasteiger partial charge is 0.370 e. The van der Waals surface area contributed by atoms with Gasteiger partial charge >= 0.3 is 0 Å². The normalized spacial score (nSPS) is 32.5. The molecule has 4 rings (SSSR count). The Morgan fingerprint density at radius 1 is 1.24 bits per heavy atom. The number of nitrogens with two attached hydrogens (primary N) is 1. The summed E-state index contributed by atoms with van der Waals surface area (Å²) in [6.07, 6.45) is 6.51. The number of carbonyl (C=O) groups is 1. The van der Waals surface area contributed by atoms with E-state index in [2.05, 4.69) is 17.9 Å². The third-order valence-corrected chi connectivity index (χ3v) is 6.47. The Labute approximate surface area is 150 Å². The van der Waals surface area contributed by atoms with Crippen molar-refractivity contribution < 1.29 is 9.53 Å². The predicted molar refractivity (Wildman–Crippen MR) is 98.3 cm³/mol. The third-order valence-electron chi connectivity index (χ3n) is 6.47. The zero-order valence-corrected chi connectivity index (χ0v) is 15.2. The number of rotatable bonds is 6. The molecule has 2 N–H and O–H groups in total. The van der Waals surface area contributed by atoms with Crippen molar-refractivity contribution in [3.8, 4) is 0 Å². The third kappa shape index (κ3) is 3.11. The number of fused-ring (bicyclic) bond motifs is 2. The molecule has 0 radical (unpaired) electrons. The fourth-order valence-corrected chi connectivity index (χ4v) is 5.28. The second-order valence-corrected chi connectivity index (χ2v) is 8.16. The van der Waals surface area contributed by atoms with Crippen molar-refractivity contribution in [3.05, 3.63) is 35.4 Å². The molecular weight excluding hydrogens is 312 g/mol. The second kappa shape index (κ2) is 6.73. The van der Waals surface area contributed by atoms with Crippen LogP contribution >= 0.6 is 0 Å². The Kier molecular flexibility index (Phi) is 4.59. The maximum absolute atomic E-state index is 11.7. The minimum absolute atomic E-state index is 0.251. The Hall–Kier alpha value is -1.39. The summed E-state index contributed by atoms with van der Waals surface area (Å²) in [6, 6.07) is 7.90. The van der Waals surface area contributed by atoms with Crippen molar-refractivity contribution in [1.82, 2.24) is 4.90 Å². The van der Waals surface area contributed by atoms with E-state index in [0.717, 1.165) is 24.6 Å². The first-order chi connectivity index (χ1) is 12.1. The monoisotopic (exact) mass is 342 g/mol. The summed E-state index contributed by atoms with van der Waals surface area (Å²) in [4.78, 5) is 14.4. The van der Waals surface area contributed by atoms with E-state index in [1.807, 2.05) is 18.2 Å². The maximum Gasteiger partial charge on any atom is 0.248 e. The molecule has 1 aliphatic heterocycles. The first-order valence-electron chi connectivity index (χ1n) is 9.90. The molecule has 1 unspecified atom stereocenters. The fraction of sp³-hybridized carbons (Fsp3) is 0.667. The van der Waals surface area contributed by atoms with Crippen molar-refractivity contribution in [3.63, 3.8) is 0 Å². The van der Waals surface area contributed by atoms with Gasteiger partial charge in [0, 0.05) is 43.6 Å². The number of benzene rings is 1. The number of likely N-dealkylation sites (tertiary alicyclic amines) is 1.